The van der Waals surface area contributed by atoms with E-state index in [0.29, 0.717) is 12.0 Å². The van der Waals surface area contributed by atoms with Crippen molar-refractivity contribution in [2.75, 3.05) is 0 Å². The lowest BCUT2D eigenvalue weighted by Gasteiger charge is -2.07. The number of carbonyl (C=O) groups is 1. The summed E-state index contributed by atoms with van der Waals surface area (Å²) in [7, 11) is 0. The highest BCUT2D eigenvalue weighted by Crippen LogP contribution is 2.19. The minimum Gasteiger partial charge on any atom is -0.393 e. The Morgan fingerprint density at radius 3 is 2.12 bits per heavy atom. The summed E-state index contributed by atoms with van der Waals surface area (Å²) in [6, 6.07) is 6.18. The number of carbonyl (C=O) groups excluding carboxylic acids is 1. The minimum absolute atomic E-state index is 0.321. The van der Waals surface area contributed by atoms with E-state index in [9.17, 15) is 18.0 Å². The smallest absolute Gasteiger partial charge is 0.393 e. The van der Waals surface area contributed by atoms with Crippen LogP contribution >= 0.6 is 0 Å². The molecule has 1 rings (SSSR count). The largest absolute Gasteiger partial charge is 0.450 e. The summed E-state index contributed by atoms with van der Waals surface area (Å²) in [5.74, 6) is -1.75. The second kappa shape index (κ2) is 5.31. The van der Waals surface area contributed by atoms with Gasteiger partial charge in [-0.05, 0) is 24.5 Å². The van der Waals surface area contributed by atoms with E-state index in [0.717, 1.165) is 5.56 Å². The first kappa shape index (κ1) is 13.7. The zero-order chi connectivity index (χ0) is 13.1. The molecule has 1 atom stereocenters. The van der Waals surface area contributed by atoms with Crippen molar-refractivity contribution < 1.29 is 23.1 Å². The van der Waals surface area contributed by atoms with Gasteiger partial charge in [0.2, 0.25) is 5.78 Å². The molecule has 0 bridgehead atoms. The summed E-state index contributed by atoms with van der Waals surface area (Å²) in [6.07, 6.45) is -5.48. The molecule has 94 valence electrons. The van der Waals surface area contributed by atoms with Crippen molar-refractivity contribution in [3.05, 3.63) is 35.4 Å². The zero-order valence-electron chi connectivity index (χ0n) is 9.29. The Bertz CT molecular complexity index is 380. The average Bonchev–Trinajstić information content (AvgIpc) is 2.18. The summed E-state index contributed by atoms with van der Waals surface area (Å²) in [5, 5.41) is 9.12. The maximum absolute atomic E-state index is 12.0. The Morgan fingerprint density at radius 2 is 1.71 bits per heavy atom. The Kier molecular flexibility index (Phi) is 4.28. The molecule has 0 spiro atoms. The molecule has 17 heavy (non-hydrogen) atoms. The van der Waals surface area contributed by atoms with E-state index < -0.39 is 24.5 Å². The van der Waals surface area contributed by atoms with E-state index >= 15 is 0 Å². The van der Waals surface area contributed by atoms with Crippen LogP contribution in [0, 0.1) is 0 Å². The van der Waals surface area contributed by atoms with Gasteiger partial charge >= 0.3 is 6.18 Å². The average molecular weight is 246 g/mol. The molecule has 1 aromatic carbocycles. The van der Waals surface area contributed by atoms with E-state index in [-0.39, 0.29) is 0 Å². The van der Waals surface area contributed by atoms with Gasteiger partial charge in [0.25, 0.3) is 0 Å². The molecular formula is C12H13F3O2. The van der Waals surface area contributed by atoms with Crippen LogP contribution in [0.4, 0.5) is 13.2 Å². The molecule has 5 heteroatoms. The second-order valence-corrected chi connectivity index (χ2v) is 3.97. The maximum Gasteiger partial charge on any atom is 0.450 e. The summed E-state index contributed by atoms with van der Waals surface area (Å²) >= 11 is 0. The predicted molar refractivity (Wildman–Crippen MR) is 56.6 cm³/mol. The van der Waals surface area contributed by atoms with Gasteiger partial charge in [0, 0.05) is 6.42 Å². The third-order valence-electron chi connectivity index (χ3n) is 2.23. The van der Waals surface area contributed by atoms with E-state index in [1.54, 1.807) is 19.1 Å². The number of aliphatic hydroxyl groups excluding tert-OH is 1. The van der Waals surface area contributed by atoms with Gasteiger partial charge in [-0.15, -0.1) is 0 Å². The van der Waals surface area contributed by atoms with Gasteiger partial charge in [-0.1, -0.05) is 24.3 Å². The van der Waals surface area contributed by atoms with E-state index in [4.69, 9.17) is 5.11 Å². The van der Waals surface area contributed by atoms with Crippen LogP contribution in [0.2, 0.25) is 0 Å². The van der Waals surface area contributed by atoms with Gasteiger partial charge in [0.15, 0.2) is 0 Å². The van der Waals surface area contributed by atoms with Crippen molar-refractivity contribution in [2.45, 2.75) is 32.0 Å². The van der Waals surface area contributed by atoms with Crippen LogP contribution in [-0.2, 0) is 17.6 Å². The zero-order valence-corrected chi connectivity index (χ0v) is 9.29. The molecule has 0 fully saturated rings. The SMILES string of the molecule is CC(O)Cc1ccc(CC(=O)C(F)(F)F)cc1. The molecule has 1 aromatic rings. The predicted octanol–water partition coefficient (Wildman–Crippen LogP) is 2.28. The van der Waals surface area contributed by atoms with Gasteiger partial charge < -0.3 is 5.11 Å². The molecule has 1 unspecified atom stereocenters. The van der Waals surface area contributed by atoms with Crippen molar-refractivity contribution in [2.24, 2.45) is 0 Å². The summed E-state index contributed by atoms with van der Waals surface area (Å²) in [6.45, 7) is 1.63. The molecule has 0 saturated heterocycles. The molecule has 0 saturated carbocycles. The van der Waals surface area contributed by atoms with Crippen LogP contribution in [0.3, 0.4) is 0 Å². The van der Waals surface area contributed by atoms with Crippen molar-refractivity contribution in [3.8, 4) is 0 Å². The van der Waals surface area contributed by atoms with E-state index in [1.165, 1.54) is 12.1 Å². The number of benzene rings is 1. The topological polar surface area (TPSA) is 37.3 Å². The number of hydrogen-bond donors (Lipinski definition) is 1. The van der Waals surface area contributed by atoms with Crippen molar-refractivity contribution in [1.82, 2.24) is 0 Å². The van der Waals surface area contributed by atoms with Crippen LogP contribution in [0.5, 0.6) is 0 Å². The number of ketones is 1. The maximum atomic E-state index is 12.0. The number of Topliss-reactive ketones (excluding diaryl/α,β-unsaturated/α-hetero) is 1. The third kappa shape index (κ3) is 4.56. The van der Waals surface area contributed by atoms with Crippen molar-refractivity contribution in [1.29, 1.82) is 0 Å². The van der Waals surface area contributed by atoms with Crippen molar-refractivity contribution in [3.63, 3.8) is 0 Å². The number of aliphatic hydroxyl groups is 1. The Morgan fingerprint density at radius 1 is 1.24 bits per heavy atom. The molecule has 2 nitrogen and oxygen atoms in total. The molecule has 1 N–H and O–H groups in total. The normalized spacial score (nSPS) is 13.5. The van der Waals surface area contributed by atoms with Crippen LogP contribution in [0.15, 0.2) is 24.3 Å². The lowest BCUT2D eigenvalue weighted by atomic mass is 10.0. The lowest BCUT2D eigenvalue weighted by molar-refractivity contribution is -0.170. The number of hydrogen-bond acceptors (Lipinski definition) is 2. The minimum atomic E-state index is -4.78. The van der Waals surface area contributed by atoms with Gasteiger partial charge in [0.05, 0.1) is 6.10 Å². The molecule has 0 aliphatic rings. The summed E-state index contributed by atoms with van der Waals surface area (Å²) < 4.78 is 36.0. The number of halogens is 3. The van der Waals surface area contributed by atoms with Crippen LogP contribution in [-0.4, -0.2) is 23.2 Å². The van der Waals surface area contributed by atoms with Crippen LogP contribution in [0.1, 0.15) is 18.1 Å². The van der Waals surface area contributed by atoms with Gasteiger partial charge in [0.1, 0.15) is 0 Å². The fourth-order valence-electron chi connectivity index (χ4n) is 1.42. The quantitative estimate of drug-likeness (QED) is 0.885. The highest BCUT2D eigenvalue weighted by molar-refractivity contribution is 5.86. The molecule has 0 aliphatic heterocycles. The van der Waals surface area contributed by atoms with E-state index in [2.05, 4.69) is 0 Å². The standard InChI is InChI=1S/C12H13F3O2/c1-8(16)6-9-2-4-10(5-3-9)7-11(17)12(13,14)15/h2-5,8,16H,6-7H2,1H3. The Labute approximate surface area is 97.1 Å². The lowest BCUT2D eigenvalue weighted by Crippen LogP contribution is -2.24. The first-order chi connectivity index (χ1) is 7.79. The monoisotopic (exact) mass is 246 g/mol. The van der Waals surface area contributed by atoms with Crippen molar-refractivity contribution >= 4 is 5.78 Å². The highest BCUT2D eigenvalue weighted by Gasteiger charge is 2.37. The fourth-order valence-corrected chi connectivity index (χ4v) is 1.42. The first-order valence-corrected chi connectivity index (χ1v) is 5.15. The molecule has 0 radical (unpaired) electrons. The molecule has 0 amide bonds. The molecule has 0 aliphatic carbocycles. The summed E-state index contributed by atoms with van der Waals surface area (Å²) in [4.78, 5) is 10.7. The van der Waals surface area contributed by atoms with Crippen LogP contribution < -0.4 is 0 Å². The fraction of sp³-hybridized carbons (Fsp3) is 0.417. The molecule has 0 aromatic heterocycles. The van der Waals surface area contributed by atoms with Gasteiger partial charge in [-0.2, -0.15) is 13.2 Å². The highest BCUT2D eigenvalue weighted by atomic mass is 19.4. The summed E-state index contributed by atoms with van der Waals surface area (Å²) in [5.41, 5.74) is 1.14. The Balaban J connectivity index is 2.66. The van der Waals surface area contributed by atoms with Gasteiger partial charge in [-0.25, -0.2) is 0 Å². The number of alkyl halides is 3. The van der Waals surface area contributed by atoms with E-state index in [1.807, 2.05) is 0 Å². The number of rotatable bonds is 4. The third-order valence-corrected chi connectivity index (χ3v) is 2.23. The Hall–Kier alpha value is -1.36. The molecular weight excluding hydrogens is 233 g/mol. The van der Waals surface area contributed by atoms with Crippen LogP contribution in [0.25, 0.3) is 0 Å². The molecule has 0 heterocycles. The van der Waals surface area contributed by atoms with Gasteiger partial charge in [-0.3, -0.25) is 4.79 Å². The first-order valence-electron chi connectivity index (χ1n) is 5.15. The second-order valence-electron chi connectivity index (χ2n) is 3.97.